The lowest BCUT2D eigenvalue weighted by molar-refractivity contribution is 0.0423. The van der Waals surface area contributed by atoms with Gasteiger partial charge in [0.25, 0.3) is 5.91 Å². The van der Waals surface area contributed by atoms with Crippen LogP contribution < -0.4 is 0 Å². The van der Waals surface area contributed by atoms with E-state index in [9.17, 15) is 9.90 Å². The van der Waals surface area contributed by atoms with E-state index in [0.717, 1.165) is 37.7 Å². The third-order valence-electron chi connectivity index (χ3n) is 5.53. The summed E-state index contributed by atoms with van der Waals surface area (Å²) in [5, 5.41) is 11.3. The van der Waals surface area contributed by atoms with Crippen molar-refractivity contribution in [3.05, 3.63) is 56.2 Å². The first-order valence-electron chi connectivity index (χ1n) is 9.43. The molecule has 5 nitrogen and oxygen atoms in total. The summed E-state index contributed by atoms with van der Waals surface area (Å²) in [6, 6.07) is 11.5. The van der Waals surface area contributed by atoms with Gasteiger partial charge in [-0.1, -0.05) is 35.3 Å². The highest BCUT2D eigenvalue weighted by molar-refractivity contribution is 7.17. The van der Waals surface area contributed by atoms with E-state index in [4.69, 9.17) is 23.2 Å². The Bertz CT molecular complexity index is 821. The SMILES string of the molecule is O=C(c1ccc(Cl)s1)N1CC(O)C(N2CCN(Cc3ccc(Cl)cc3)CC2)C1. The Kier molecular flexibility index (Phi) is 6.25. The van der Waals surface area contributed by atoms with Gasteiger partial charge in [-0.3, -0.25) is 14.6 Å². The molecular formula is C20H23Cl2N3O2S. The quantitative estimate of drug-likeness (QED) is 0.794. The molecule has 3 heterocycles. The zero-order valence-electron chi connectivity index (χ0n) is 15.4. The lowest BCUT2D eigenvalue weighted by atomic mass is 10.1. The standard InChI is InChI=1S/C20H23Cl2N3O2S/c21-15-3-1-14(2-4-15)11-23-7-9-24(10-8-23)16-12-25(13-17(16)26)20(27)18-5-6-19(22)28-18/h1-6,16-17,26H,7-13H2. The van der Waals surface area contributed by atoms with Crippen LogP contribution in [0.2, 0.25) is 9.36 Å². The van der Waals surface area contributed by atoms with Gasteiger partial charge in [0.15, 0.2) is 0 Å². The first-order chi connectivity index (χ1) is 13.5. The van der Waals surface area contributed by atoms with E-state index in [1.165, 1.54) is 16.9 Å². The van der Waals surface area contributed by atoms with Crippen LogP contribution in [0.4, 0.5) is 0 Å². The molecule has 1 aromatic carbocycles. The number of hydrogen-bond donors (Lipinski definition) is 1. The molecule has 28 heavy (non-hydrogen) atoms. The first kappa shape index (κ1) is 20.1. The van der Waals surface area contributed by atoms with E-state index in [0.29, 0.717) is 22.3 Å². The van der Waals surface area contributed by atoms with Crippen LogP contribution in [-0.4, -0.2) is 77.1 Å². The number of aliphatic hydroxyl groups is 1. The van der Waals surface area contributed by atoms with Crippen LogP contribution in [0.25, 0.3) is 0 Å². The minimum absolute atomic E-state index is 0.00272. The third kappa shape index (κ3) is 4.53. The van der Waals surface area contributed by atoms with Gasteiger partial charge in [-0.2, -0.15) is 0 Å². The van der Waals surface area contributed by atoms with Gasteiger partial charge in [0.2, 0.25) is 0 Å². The second-order valence-corrected chi connectivity index (χ2v) is 9.54. The summed E-state index contributed by atoms with van der Waals surface area (Å²) < 4.78 is 0.608. The van der Waals surface area contributed by atoms with Gasteiger partial charge < -0.3 is 10.0 Å². The Morgan fingerprint density at radius 3 is 2.39 bits per heavy atom. The third-order valence-corrected chi connectivity index (χ3v) is 7.00. The number of β-amino-alcohol motifs (C(OH)–C–C–N with tert-alkyl or cyclic N) is 1. The molecule has 2 aliphatic rings. The maximum Gasteiger partial charge on any atom is 0.264 e. The predicted octanol–water partition coefficient (Wildman–Crippen LogP) is 3.06. The highest BCUT2D eigenvalue weighted by Crippen LogP contribution is 2.26. The molecular weight excluding hydrogens is 417 g/mol. The number of hydrogen-bond acceptors (Lipinski definition) is 5. The van der Waals surface area contributed by atoms with Crippen molar-refractivity contribution >= 4 is 40.4 Å². The van der Waals surface area contributed by atoms with Crippen LogP contribution in [0, 0.1) is 0 Å². The van der Waals surface area contributed by atoms with Crippen LogP contribution in [0.1, 0.15) is 15.2 Å². The summed E-state index contributed by atoms with van der Waals surface area (Å²) in [7, 11) is 0. The van der Waals surface area contributed by atoms with E-state index in [1.54, 1.807) is 17.0 Å². The summed E-state index contributed by atoms with van der Waals surface area (Å²) in [6.07, 6.45) is -0.512. The number of nitrogens with zero attached hydrogens (tertiary/aromatic N) is 3. The van der Waals surface area contributed by atoms with Gasteiger partial charge in [-0.15, -0.1) is 11.3 Å². The fourth-order valence-electron chi connectivity index (χ4n) is 3.98. The van der Waals surface area contributed by atoms with Gasteiger partial charge in [0.05, 0.1) is 21.4 Å². The molecule has 2 aromatic rings. The maximum absolute atomic E-state index is 12.6. The molecule has 2 aliphatic heterocycles. The van der Waals surface area contributed by atoms with E-state index >= 15 is 0 Å². The van der Waals surface area contributed by atoms with Crippen LogP contribution in [-0.2, 0) is 6.54 Å². The highest BCUT2D eigenvalue weighted by Gasteiger charge is 2.39. The number of aliphatic hydroxyl groups excluding tert-OH is 1. The van der Waals surface area contributed by atoms with Crippen LogP contribution in [0.5, 0.6) is 0 Å². The van der Waals surface area contributed by atoms with E-state index in [-0.39, 0.29) is 11.9 Å². The van der Waals surface area contributed by atoms with Crippen molar-refractivity contribution in [2.75, 3.05) is 39.3 Å². The minimum atomic E-state index is -0.512. The molecule has 2 saturated heterocycles. The van der Waals surface area contributed by atoms with Crippen LogP contribution in [0.3, 0.4) is 0 Å². The summed E-state index contributed by atoms with van der Waals surface area (Å²) >= 11 is 13.2. The van der Waals surface area contributed by atoms with Gasteiger partial charge in [0, 0.05) is 50.8 Å². The first-order valence-corrected chi connectivity index (χ1v) is 11.0. The van der Waals surface area contributed by atoms with Crippen molar-refractivity contribution < 1.29 is 9.90 Å². The minimum Gasteiger partial charge on any atom is -0.390 e. The molecule has 1 aromatic heterocycles. The Balaban J connectivity index is 1.30. The van der Waals surface area contributed by atoms with Crippen molar-refractivity contribution in [1.82, 2.24) is 14.7 Å². The number of rotatable bonds is 4. The lowest BCUT2D eigenvalue weighted by Crippen LogP contribution is -2.53. The fourth-order valence-corrected chi connectivity index (χ4v) is 5.12. The molecule has 8 heteroatoms. The number of thiophene rings is 1. The van der Waals surface area contributed by atoms with E-state index < -0.39 is 6.10 Å². The fraction of sp³-hybridized carbons (Fsp3) is 0.450. The molecule has 4 rings (SSSR count). The Morgan fingerprint density at radius 2 is 1.75 bits per heavy atom. The molecule has 150 valence electrons. The average molecular weight is 440 g/mol. The van der Waals surface area contributed by atoms with Crippen molar-refractivity contribution in [2.45, 2.75) is 18.7 Å². The van der Waals surface area contributed by atoms with Crippen LogP contribution >= 0.6 is 34.5 Å². The second-order valence-electron chi connectivity index (χ2n) is 7.39. The molecule has 0 bridgehead atoms. The predicted molar refractivity (Wildman–Crippen MR) is 113 cm³/mol. The summed E-state index contributed by atoms with van der Waals surface area (Å²) in [6.45, 7) is 5.52. The van der Waals surface area contributed by atoms with Crippen LogP contribution in [0.15, 0.2) is 36.4 Å². The largest absolute Gasteiger partial charge is 0.390 e. The van der Waals surface area contributed by atoms with Crippen molar-refractivity contribution in [3.63, 3.8) is 0 Å². The number of carbonyl (C=O) groups is 1. The van der Waals surface area contributed by atoms with Crippen molar-refractivity contribution in [2.24, 2.45) is 0 Å². The van der Waals surface area contributed by atoms with Crippen molar-refractivity contribution in [3.8, 4) is 0 Å². The maximum atomic E-state index is 12.6. The van der Waals surface area contributed by atoms with Gasteiger partial charge in [0.1, 0.15) is 0 Å². The molecule has 2 fully saturated rings. The molecule has 0 spiro atoms. The Morgan fingerprint density at radius 1 is 1.04 bits per heavy atom. The number of benzene rings is 1. The smallest absolute Gasteiger partial charge is 0.264 e. The molecule has 2 unspecified atom stereocenters. The molecule has 0 saturated carbocycles. The lowest BCUT2D eigenvalue weighted by Gasteiger charge is -2.38. The molecule has 0 aliphatic carbocycles. The molecule has 2 atom stereocenters. The van der Waals surface area contributed by atoms with Gasteiger partial charge in [-0.05, 0) is 29.8 Å². The van der Waals surface area contributed by atoms with Crippen molar-refractivity contribution in [1.29, 1.82) is 0 Å². The van der Waals surface area contributed by atoms with Gasteiger partial charge >= 0.3 is 0 Å². The zero-order chi connectivity index (χ0) is 19.7. The van der Waals surface area contributed by atoms with E-state index in [2.05, 4.69) is 21.9 Å². The molecule has 1 N–H and O–H groups in total. The topological polar surface area (TPSA) is 47.0 Å². The number of amides is 1. The average Bonchev–Trinajstić information content (AvgIpc) is 3.30. The second kappa shape index (κ2) is 8.69. The number of halogens is 2. The molecule has 1 amide bonds. The normalized spacial score (nSPS) is 24.0. The highest BCUT2D eigenvalue weighted by atomic mass is 35.5. The monoisotopic (exact) mass is 439 g/mol. The molecule has 0 radical (unpaired) electrons. The Labute approximate surface area is 179 Å². The number of piperazine rings is 1. The van der Waals surface area contributed by atoms with Gasteiger partial charge in [-0.25, -0.2) is 0 Å². The zero-order valence-corrected chi connectivity index (χ0v) is 17.8. The Hall–Kier alpha value is -1.15. The van der Waals surface area contributed by atoms with E-state index in [1.807, 2.05) is 12.1 Å². The number of likely N-dealkylation sites (tertiary alicyclic amines) is 1. The number of carbonyl (C=O) groups excluding carboxylic acids is 1. The summed E-state index contributed by atoms with van der Waals surface area (Å²) in [4.78, 5) is 19.8. The summed E-state index contributed by atoms with van der Waals surface area (Å²) in [5.41, 5.74) is 1.25. The summed E-state index contributed by atoms with van der Waals surface area (Å²) in [5.74, 6) is -0.0418.